The minimum Gasteiger partial charge on any atom is -0.382 e. The Morgan fingerprint density at radius 3 is 3.11 bits per heavy atom. The lowest BCUT2D eigenvalue weighted by Crippen LogP contribution is -2.29. The first-order valence-corrected chi connectivity index (χ1v) is 6.52. The second-order valence-electron chi connectivity index (χ2n) is 5.16. The van der Waals surface area contributed by atoms with E-state index < -0.39 is 0 Å². The van der Waals surface area contributed by atoms with Crippen LogP contribution in [0.2, 0.25) is 0 Å². The first kappa shape index (κ1) is 12.8. The van der Waals surface area contributed by atoms with E-state index in [1.54, 1.807) is 18.5 Å². The number of nitriles is 1. The molecule has 0 spiro atoms. The van der Waals surface area contributed by atoms with Crippen LogP contribution in [0.15, 0.2) is 18.5 Å². The molecular weight excluding hydrogens is 224 g/mol. The Kier molecular flexibility index (Phi) is 4.16. The molecule has 0 saturated carbocycles. The van der Waals surface area contributed by atoms with Gasteiger partial charge in [0.05, 0.1) is 17.4 Å². The topological polar surface area (TPSA) is 52.0 Å². The van der Waals surface area contributed by atoms with Gasteiger partial charge in [-0.2, -0.15) is 5.26 Å². The maximum atomic E-state index is 9.00. The lowest BCUT2D eigenvalue weighted by molar-refractivity contribution is 0.266. The molecule has 1 aromatic heterocycles. The van der Waals surface area contributed by atoms with Crippen LogP contribution in [0, 0.1) is 17.2 Å². The Morgan fingerprint density at radius 1 is 1.61 bits per heavy atom. The van der Waals surface area contributed by atoms with E-state index in [4.69, 9.17) is 5.26 Å². The number of pyridine rings is 1. The van der Waals surface area contributed by atoms with Crippen LogP contribution in [-0.2, 0) is 0 Å². The number of hydrogen-bond acceptors (Lipinski definition) is 4. The van der Waals surface area contributed by atoms with Crippen molar-refractivity contribution in [2.45, 2.75) is 26.3 Å². The minimum atomic E-state index is 0.628. The highest BCUT2D eigenvalue weighted by Crippen LogP contribution is 2.20. The van der Waals surface area contributed by atoms with Crippen molar-refractivity contribution in [2.75, 3.05) is 25.0 Å². The van der Waals surface area contributed by atoms with E-state index in [0.29, 0.717) is 17.5 Å². The summed E-state index contributed by atoms with van der Waals surface area (Å²) in [5.74, 6) is 0.666. The largest absolute Gasteiger partial charge is 0.382 e. The van der Waals surface area contributed by atoms with E-state index in [1.165, 1.54) is 13.0 Å². The number of likely N-dealkylation sites (tertiary alicyclic amines) is 1. The fourth-order valence-corrected chi connectivity index (χ4v) is 2.39. The van der Waals surface area contributed by atoms with Gasteiger partial charge in [-0.05, 0) is 38.8 Å². The molecule has 2 rings (SSSR count). The predicted octanol–water partition coefficient (Wildman–Crippen LogP) is 2.10. The summed E-state index contributed by atoms with van der Waals surface area (Å²) in [6.45, 7) is 7.73. The van der Waals surface area contributed by atoms with Crippen LogP contribution in [0.25, 0.3) is 0 Å². The van der Waals surface area contributed by atoms with Gasteiger partial charge in [0, 0.05) is 25.3 Å². The summed E-state index contributed by atoms with van der Waals surface area (Å²) in [6.07, 6.45) is 4.61. The number of anilines is 1. The third-order valence-electron chi connectivity index (χ3n) is 3.57. The molecule has 4 nitrogen and oxygen atoms in total. The smallest absolute Gasteiger partial charge is 0.101 e. The molecule has 0 amide bonds. The highest BCUT2D eigenvalue weighted by Gasteiger charge is 2.23. The van der Waals surface area contributed by atoms with E-state index in [1.807, 2.05) is 0 Å². The summed E-state index contributed by atoms with van der Waals surface area (Å²) >= 11 is 0. The monoisotopic (exact) mass is 244 g/mol. The predicted molar refractivity (Wildman–Crippen MR) is 72.3 cm³/mol. The molecule has 1 saturated heterocycles. The summed E-state index contributed by atoms with van der Waals surface area (Å²) in [4.78, 5) is 6.56. The van der Waals surface area contributed by atoms with Crippen molar-refractivity contribution in [3.05, 3.63) is 24.0 Å². The van der Waals surface area contributed by atoms with Crippen molar-refractivity contribution in [1.29, 1.82) is 5.26 Å². The van der Waals surface area contributed by atoms with Gasteiger partial charge in [-0.1, -0.05) is 0 Å². The molecule has 1 atom stereocenters. The number of rotatable bonds is 4. The van der Waals surface area contributed by atoms with Crippen molar-refractivity contribution in [3.63, 3.8) is 0 Å². The van der Waals surface area contributed by atoms with Gasteiger partial charge in [-0.3, -0.25) is 4.98 Å². The zero-order valence-corrected chi connectivity index (χ0v) is 11.1. The summed E-state index contributed by atoms with van der Waals surface area (Å²) in [6, 6.07) is 4.56. The van der Waals surface area contributed by atoms with E-state index in [9.17, 15) is 0 Å². The molecule has 0 bridgehead atoms. The molecule has 1 aliphatic heterocycles. The summed E-state index contributed by atoms with van der Waals surface area (Å²) < 4.78 is 0. The molecule has 1 aromatic rings. The number of hydrogen-bond donors (Lipinski definition) is 1. The Bertz CT molecular complexity index is 436. The Labute approximate surface area is 109 Å². The number of nitrogens with zero attached hydrogens (tertiary/aromatic N) is 3. The molecule has 96 valence electrons. The van der Waals surface area contributed by atoms with Crippen LogP contribution in [0.1, 0.15) is 25.8 Å². The SMILES string of the molecule is CC(C)N1CCC(CNc2cnccc2C#N)C1. The van der Waals surface area contributed by atoms with Gasteiger partial charge in [0.2, 0.25) is 0 Å². The normalized spacial score (nSPS) is 20.0. The quantitative estimate of drug-likeness (QED) is 0.881. The third-order valence-corrected chi connectivity index (χ3v) is 3.57. The van der Waals surface area contributed by atoms with Crippen molar-refractivity contribution in [3.8, 4) is 6.07 Å². The van der Waals surface area contributed by atoms with Crippen LogP contribution >= 0.6 is 0 Å². The maximum absolute atomic E-state index is 9.00. The molecule has 0 aromatic carbocycles. The first-order chi connectivity index (χ1) is 8.70. The van der Waals surface area contributed by atoms with Gasteiger partial charge in [0.1, 0.15) is 6.07 Å². The van der Waals surface area contributed by atoms with Gasteiger partial charge >= 0.3 is 0 Å². The number of nitrogens with one attached hydrogen (secondary N) is 1. The molecule has 0 aliphatic carbocycles. The standard InChI is InChI=1S/C14H20N4/c1-11(2)18-6-4-12(10-18)8-17-14-9-16-5-3-13(14)7-15/h3,5,9,11-12,17H,4,6,8,10H2,1-2H3. The summed E-state index contributed by atoms with van der Waals surface area (Å²) in [5.41, 5.74) is 1.52. The minimum absolute atomic E-state index is 0.628. The summed E-state index contributed by atoms with van der Waals surface area (Å²) in [7, 11) is 0. The molecule has 1 aliphatic rings. The highest BCUT2D eigenvalue weighted by atomic mass is 15.2. The molecule has 2 heterocycles. The fourth-order valence-electron chi connectivity index (χ4n) is 2.39. The van der Waals surface area contributed by atoms with Crippen LogP contribution in [0.4, 0.5) is 5.69 Å². The zero-order chi connectivity index (χ0) is 13.0. The molecule has 1 N–H and O–H groups in total. The second kappa shape index (κ2) is 5.83. The number of aromatic nitrogens is 1. The van der Waals surface area contributed by atoms with Crippen LogP contribution in [0.3, 0.4) is 0 Å². The van der Waals surface area contributed by atoms with E-state index in [0.717, 1.165) is 18.8 Å². The van der Waals surface area contributed by atoms with Gasteiger partial charge in [0.15, 0.2) is 0 Å². The van der Waals surface area contributed by atoms with Gasteiger partial charge in [-0.25, -0.2) is 0 Å². The summed E-state index contributed by atoms with van der Waals surface area (Å²) in [5, 5.41) is 12.4. The van der Waals surface area contributed by atoms with Crippen molar-refractivity contribution in [1.82, 2.24) is 9.88 Å². The lowest BCUT2D eigenvalue weighted by atomic mass is 10.1. The van der Waals surface area contributed by atoms with Crippen LogP contribution in [-0.4, -0.2) is 35.6 Å². The van der Waals surface area contributed by atoms with E-state index in [-0.39, 0.29) is 0 Å². The molecule has 4 heteroatoms. The second-order valence-corrected chi connectivity index (χ2v) is 5.16. The Balaban J connectivity index is 1.88. The van der Waals surface area contributed by atoms with E-state index >= 15 is 0 Å². The highest BCUT2D eigenvalue weighted by molar-refractivity contribution is 5.55. The molecule has 18 heavy (non-hydrogen) atoms. The van der Waals surface area contributed by atoms with Crippen molar-refractivity contribution < 1.29 is 0 Å². The van der Waals surface area contributed by atoms with Crippen molar-refractivity contribution >= 4 is 5.69 Å². The molecular formula is C14H20N4. The zero-order valence-electron chi connectivity index (χ0n) is 11.1. The van der Waals surface area contributed by atoms with Gasteiger partial charge < -0.3 is 10.2 Å². The maximum Gasteiger partial charge on any atom is 0.101 e. The lowest BCUT2D eigenvalue weighted by Gasteiger charge is -2.20. The van der Waals surface area contributed by atoms with E-state index in [2.05, 4.69) is 35.1 Å². The Hall–Kier alpha value is -1.60. The van der Waals surface area contributed by atoms with Crippen molar-refractivity contribution in [2.24, 2.45) is 5.92 Å². The van der Waals surface area contributed by atoms with Crippen LogP contribution in [0.5, 0.6) is 0 Å². The Morgan fingerprint density at radius 2 is 2.44 bits per heavy atom. The molecule has 1 unspecified atom stereocenters. The molecule has 0 radical (unpaired) electrons. The molecule has 1 fully saturated rings. The third kappa shape index (κ3) is 2.99. The van der Waals surface area contributed by atoms with Gasteiger partial charge in [-0.15, -0.1) is 0 Å². The van der Waals surface area contributed by atoms with Crippen LogP contribution < -0.4 is 5.32 Å². The average Bonchev–Trinajstić information content (AvgIpc) is 2.85. The first-order valence-electron chi connectivity index (χ1n) is 6.52. The average molecular weight is 244 g/mol. The fraction of sp³-hybridized carbons (Fsp3) is 0.571. The van der Waals surface area contributed by atoms with Gasteiger partial charge in [0.25, 0.3) is 0 Å².